The van der Waals surface area contributed by atoms with Crippen molar-refractivity contribution in [1.29, 1.82) is 0 Å². The summed E-state index contributed by atoms with van der Waals surface area (Å²) in [6.45, 7) is 0.347. The highest BCUT2D eigenvalue weighted by Crippen LogP contribution is 1.63. The predicted molar refractivity (Wildman–Crippen MR) is 20.8 cm³/mol. The van der Waals surface area contributed by atoms with E-state index < -0.39 is 0 Å². The summed E-state index contributed by atoms with van der Waals surface area (Å²) in [6.07, 6.45) is 1.32. The van der Waals surface area contributed by atoms with Gasteiger partial charge in [-0.15, -0.1) is 5.43 Å². The topological polar surface area (TPSA) is 50.1 Å². The Bertz CT molecular complexity index is 78.9. The minimum absolute atomic E-state index is 0.347. The van der Waals surface area contributed by atoms with Gasteiger partial charge in [-0.3, -0.25) is 4.74 Å². The second kappa shape index (κ2) is 1.14. The molecule has 1 aliphatic heterocycles. The highest BCUT2D eigenvalue weighted by Gasteiger charge is 1.94. The second-order valence-corrected chi connectivity index (χ2v) is 1.03. The molecule has 0 aromatic heterocycles. The highest BCUT2D eigenvalue weighted by molar-refractivity contribution is 5.48. The molecule has 0 amide bonds. The molecule has 4 nitrogen and oxygen atoms in total. The largest absolute Gasteiger partial charge is 0.714 e. The van der Waals surface area contributed by atoms with Gasteiger partial charge in [0, 0.05) is 0 Å². The van der Waals surface area contributed by atoms with Crippen LogP contribution in [-0.2, 0) is 0 Å². The lowest BCUT2D eigenvalue weighted by Crippen LogP contribution is -2.23. The van der Waals surface area contributed by atoms with Gasteiger partial charge in [0.1, 0.15) is 0 Å². The van der Waals surface area contributed by atoms with Crippen LogP contribution < -0.4 is 10.9 Å². The molecular formula is C2H5N3O. The van der Waals surface area contributed by atoms with Crippen molar-refractivity contribution in [3.05, 3.63) is 5.21 Å². The van der Waals surface area contributed by atoms with E-state index in [1.54, 1.807) is 0 Å². The van der Waals surface area contributed by atoms with Crippen LogP contribution >= 0.6 is 0 Å². The highest BCUT2D eigenvalue weighted by atomic mass is 16.5. The molecule has 0 bridgehead atoms. The van der Waals surface area contributed by atoms with Crippen molar-refractivity contribution in [2.45, 2.75) is 0 Å². The van der Waals surface area contributed by atoms with Crippen LogP contribution in [0.1, 0.15) is 0 Å². The summed E-state index contributed by atoms with van der Waals surface area (Å²) in [5.41, 5.74) is 5.09. The molecule has 0 radical (unpaired) electrons. The SMILES string of the molecule is [O-][N+]1=CNNC1. The van der Waals surface area contributed by atoms with E-state index in [1.807, 2.05) is 0 Å². The Morgan fingerprint density at radius 1 is 1.83 bits per heavy atom. The molecule has 4 heteroatoms. The monoisotopic (exact) mass is 87.0 g/mol. The van der Waals surface area contributed by atoms with Crippen LogP contribution in [0.25, 0.3) is 0 Å². The zero-order valence-electron chi connectivity index (χ0n) is 3.14. The Labute approximate surface area is 35.0 Å². The van der Waals surface area contributed by atoms with E-state index in [0.29, 0.717) is 6.67 Å². The van der Waals surface area contributed by atoms with Crippen LogP contribution in [0.3, 0.4) is 0 Å². The Kier molecular flexibility index (Phi) is 0.648. The smallest absolute Gasteiger partial charge is 0.254 e. The fraction of sp³-hybridized carbons (Fsp3) is 0.500. The third-order valence-corrected chi connectivity index (χ3v) is 0.545. The normalized spacial score (nSPS) is 19.7. The Morgan fingerprint density at radius 2 is 2.67 bits per heavy atom. The van der Waals surface area contributed by atoms with E-state index in [4.69, 9.17) is 0 Å². The first-order valence-electron chi connectivity index (χ1n) is 1.65. The lowest BCUT2D eigenvalue weighted by Gasteiger charge is -1.94. The summed E-state index contributed by atoms with van der Waals surface area (Å²) in [5, 5.41) is 9.98. The summed E-state index contributed by atoms with van der Waals surface area (Å²) in [4.78, 5) is 0. The van der Waals surface area contributed by atoms with Gasteiger partial charge in [-0.25, -0.2) is 0 Å². The molecule has 0 spiro atoms. The minimum atomic E-state index is 0.347. The number of rotatable bonds is 0. The Hall–Kier alpha value is -0.770. The fourth-order valence-corrected chi connectivity index (χ4v) is 0.287. The molecular weight excluding hydrogens is 82.0 g/mol. The Morgan fingerprint density at radius 3 is 2.83 bits per heavy atom. The molecule has 0 aromatic rings. The van der Waals surface area contributed by atoms with E-state index in [-0.39, 0.29) is 0 Å². The van der Waals surface area contributed by atoms with Crippen molar-refractivity contribution in [1.82, 2.24) is 10.9 Å². The van der Waals surface area contributed by atoms with E-state index in [9.17, 15) is 5.21 Å². The van der Waals surface area contributed by atoms with Crippen LogP contribution in [0.15, 0.2) is 0 Å². The molecule has 0 saturated heterocycles. The summed E-state index contributed by atoms with van der Waals surface area (Å²) >= 11 is 0. The maximum atomic E-state index is 9.98. The van der Waals surface area contributed by atoms with Gasteiger partial charge >= 0.3 is 0 Å². The third-order valence-electron chi connectivity index (χ3n) is 0.545. The second-order valence-electron chi connectivity index (χ2n) is 1.03. The van der Waals surface area contributed by atoms with E-state index in [0.717, 1.165) is 4.74 Å². The maximum absolute atomic E-state index is 9.98. The van der Waals surface area contributed by atoms with Crippen molar-refractivity contribution in [2.75, 3.05) is 6.67 Å². The average Bonchev–Trinajstić information content (AvgIpc) is 1.86. The molecule has 0 atom stereocenters. The van der Waals surface area contributed by atoms with E-state index >= 15 is 0 Å². The van der Waals surface area contributed by atoms with Gasteiger partial charge in [0.15, 0.2) is 6.67 Å². The van der Waals surface area contributed by atoms with Crippen LogP contribution in [0.5, 0.6) is 0 Å². The number of hydroxylamine groups is 1. The number of nitrogens with one attached hydrogen (secondary N) is 2. The third kappa shape index (κ3) is 0.414. The number of hydrazine groups is 1. The van der Waals surface area contributed by atoms with E-state index in [1.165, 1.54) is 6.34 Å². The standard InChI is InChI=1S/C2H5N3O/c6-5-1-3-4-2-5/h1,3-4H,2H2. The lowest BCUT2D eigenvalue weighted by atomic mass is 11.2. The van der Waals surface area contributed by atoms with Crippen LogP contribution in [-0.4, -0.2) is 17.7 Å². The molecule has 2 N–H and O–H groups in total. The number of nitrogens with zero attached hydrogens (tertiary/aromatic N) is 1. The van der Waals surface area contributed by atoms with Crippen molar-refractivity contribution in [3.63, 3.8) is 0 Å². The summed E-state index contributed by atoms with van der Waals surface area (Å²) < 4.78 is 0.764. The van der Waals surface area contributed by atoms with Gasteiger partial charge in [-0.1, -0.05) is 0 Å². The Balaban J connectivity index is 2.45. The molecule has 0 aromatic carbocycles. The van der Waals surface area contributed by atoms with Gasteiger partial charge < -0.3 is 5.21 Å². The number of hydrogen-bond donors (Lipinski definition) is 2. The summed E-state index contributed by atoms with van der Waals surface area (Å²) in [5.74, 6) is 0. The quantitative estimate of drug-likeness (QED) is 0.282. The summed E-state index contributed by atoms with van der Waals surface area (Å²) in [6, 6.07) is 0. The molecule has 1 rings (SSSR count). The first-order chi connectivity index (χ1) is 2.89. The predicted octanol–water partition coefficient (Wildman–Crippen LogP) is -1.41. The van der Waals surface area contributed by atoms with Gasteiger partial charge in [0.05, 0.1) is 0 Å². The van der Waals surface area contributed by atoms with Crippen molar-refractivity contribution in [2.24, 2.45) is 0 Å². The summed E-state index contributed by atoms with van der Waals surface area (Å²) in [7, 11) is 0. The first kappa shape index (κ1) is 3.42. The lowest BCUT2D eigenvalue weighted by molar-refractivity contribution is -0.448. The first-order valence-corrected chi connectivity index (χ1v) is 1.65. The molecule has 0 saturated carbocycles. The molecule has 0 unspecified atom stereocenters. The van der Waals surface area contributed by atoms with E-state index in [2.05, 4.69) is 10.9 Å². The average molecular weight is 87.1 g/mol. The van der Waals surface area contributed by atoms with Gasteiger partial charge in [0.2, 0.25) is 0 Å². The van der Waals surface area contributed by atoms with Crippen molar-refractivity contribution < 1.29 is 4.74 Å². The molecule has 1 aliphatic rings. The van der Waals surface area contributed by atoms with Crippen molar-refractivity contribution >= 4 is 6.34 Å². The fourth-order valence-electron chi connectivity index (χ4n) is 0.287. The molecule has 0 fully saturated rings. The zero-order valence-corrected chi connectivity index (χ0v) is 3.14. The zero-order chi connectivity index (χ0) is 4.41. The minimum Gasteiger partial charge on any atom is -0.714 e. The van der Waals surface area contributed by atoms with Gasteiger partial charge in [-0.05, 0) is 0 Å². The molecule has 1 heterocycles. The van der Waals surface area contributed by atoms with Crippen LogP contribution in [0.4, 0.5) is 0 Å². The van der Waals surface area contributed by atoms with Gasteiger partial charge in [0.25, 0.3) is 6.34 Å². The van der Waals surface area contributed by atoms with Gasteiger partial charge in [-0.2, -0.15) is 5.43 Å². The maximum Gasteiger partial charge on any atom is 0.254 e. The molecule has 34 valence electrons. The van der Waals surface area contributed by atoms with Crippen LogP contribution in [0.2, 0.25) is 0 Å². The van der Waals surface area contributed by atoms with Crippen LogP contribution in [0, 0.1) is 5.21 Å². The molecule has 6 heavy (non-hydrogen) atoms. The van der Waals surface area contributed by atoms with Crippen molar-refractivity contribution in [3.8, 4) is 0 Å². The number of hydrogen-bond acceptors (Lipinski definition) is 3. The molecule has 0 aliphatic carbocycles.